The molecule has 5 nitrogen and oxygen atoms in total. The molecule has 1 aliphatic rings. The van der Waals surface area contributed by atoms with Gasteiger partial charge in [-0.1, -0.05) is 47.6 Å². The molecule has 0 aromatic heterocycles. The molecular weight excluding hydrogens is 390 g/mol. The van der Waals surface area contributed by atoms with Crippen LogP contribution in [0.25, 0.3) is 0 Å². The molecule has 0 saturated carbocycles. The van der Waals surface area contributed by atoms with Crippen LogP contribution in [0.1, 0.15) is 54.2 Å². The topological polar surface area (TPSA) is 66.8 Å². The lowest BCUT2D eigenvalue weighted by Crippen LogP contribution is -2.23. The van der Waals surface area contributed by atoms with Crippen LogP contribution in [0.3, 0.4) is 0 Å². The van der Waals surface area contributed by atoms with E-state index in [0.717, 1.165) is 22.3 Å². The number of carbonyl (C=O) groups is 2. The number of fused-ring (bicyclic) bond motifs is 1. The van der Waals surface area contributed by atoms with Gasteiger partial charge in [-0.15, -0.1) is 0 Å². The van der Waals surface area contributed by atoms with Crippen LogP contribution in [-0.4, -0.2) is 28.8 Å². The maximum Gasteiger partial charge on any atom is 0.258 e. The fourth-order valence-electron chi connectivity index (χ4n) is 3.84. The van der Waals surface area contributed by atoms with Crippen molar-refractivity contribution < 1.29 is 19.4 Å². The highest BCUT2D eigenvalue weighted by atomic mass is 16.5. The molecule has 1 N–H and O–H groups in total. The summed E-state index contributed by atoms with van der Waals surface area (Å²) < 4.78 is 5.51. The molecule has 0 unspecified atom stereocenters. The van der Waals surface area contributed by atoms with Gasteiger partial charge in [0.2, 0.25) is 0 Å². The van der Waals surface area contributed by atoms with Crippen LogP contribution >= 0.6 is 0 Å². The molecule has 2 aromatic rings. The largest absolute Gasteiger partial charge is 0.507 e. The number of amides is 1. The summed E-state index contributed by atoms with van der Waals surface area (Å²) in [4.78, 5) is 26.7. The Labute approximate surface area is 183 Å². The van der Waals surface area contributed by atoms with Gasteiger partial charge in [0.25, 0.3) is 5.91 Å². The first-order valence-electron chi connectivity index (χ1n) is 10.4. The lowest BCUT2D eigenvalue weighted by Gasteiger charge is -2.15. The Morgan fingerprint density at radius 2 is 1.90 bits per heavy atom. The van der Waals surface area contributed by atoms with Gasteiger partial charge in [-0.25, -0.2) is 0 Å². The third-order valence-electron chi connectivity index (χ3n) is 5.30. The summed E-state index contributed by atoms with van der Waals surface area (Å²) >= 11 is 0. The minimum Gasteiger partial charge on any atom is -0.507 e. The van der Waals surface area contributed by atoms with Crippen LogP contribution < -0.4 is 4.74 Å². The van der Waals surface area contributed by atoms with Crippen LogP contribution in [0.15, 0.2) is 59.7 Å². The van der Waals surface area contributed by atoms with E-state index in [2.05, 4.69) is 0 Å². The van der Waals surface area contributed by atoms with Gasteiger partial charge in [0.05, 0.1) is 12.7 Å². The van der Waals surface area contributed by atoms with Crippen molar-refractivity contribution in [2.75, 3.05) is 7.11 Å². The van der Waals surface area contributed by atoms with E-state index in [1.54, 1.807) is 18.1 Å². The van der Waals surface area contributed by atoms with E-state index in [9.17, 15) is 14.7 Å². The number of aromatic hydroxyl groups is 1. The number of methoxy groups -OCH3 is 1. The molecule has 31 heavy (non-hydrogen) atoms. The Morgan fingerprint density at radius 3 is 2.55 bits per heavy atom. The van der Waals surface area contributed by atoms with E-state index in [0.29, 0.717) is 42.8 Å². The molecule has 0 fully saturated rings. The molecule has 2 aromatic carbocycles. The average molecular weight is 420 g/mol. The molecule has 0 radical (unpaired) electrons. The Bertz CT molecular complexity index is 1050. The van der Waals surface area contributed by atoms with Gasteiger partial charge >= 0.3 is 0 Å². The maximum atomic E-state index is 13.0. The van der Waals surface area contributed by atoms with Crippen molar-refractivity contribution in [3.05, 3.63) is 82.0 Å². The second kappa shape index (κ2) is 9.65. The van der Waals surface area contributed by atoms with Gasteiger partial charge in [-0.3, -0.25) is 9.59 Å². The zero-order valence-corrected chi connectivity index (χ0v) is 18.6. The standard InChI is InChI=1S/C26H29NO4/c1-17(2)12-21(28)13-18(3)10-11-22-23(31-4)14-20-16-27(26(30)24(20)25(22)29)15-19-8-6-5-7-9-19/h5-10,12,14,29H,11,13,15-16H2,1-4H3. The van der Waals surface area contributed by atoms with Crippen LogP contribution in [0, 0.1) is 0 Å². The Morgan fingerprint density at radius 1 is 1.19 bits per heavy atom. The Balaban J connectivity index is 1.83. The van der Waals surface area contributed by atoms with Crippen LogP contribution in [0.4, 0.5) is 0 Å². The highest BCUT2D eigenvalue weighted by molar-refractivity contribution is 6.01. The Kier molecular flexibility index (Phi) is 6.95. The number of ether oxygens (including phenoxy) is 1. The van der Waals surface area contributed by atoms with Gasteiger partial charge in [-0.05, 0) is 50.5 Å². The van der Waals surface area contributed by atoms with E-state index >= 15 is 0 Å². The van der Waals surface area contributed by atoms with Crippen molar-refractivity contribution in [3.63, 3.8) is 0 Å². The molecule has 0 bridgehead atoms. The van der Waals surface area contributed by atoms with Gasteiger partial charge in [0.1, 0.15) is 11.5 Å². The number of benzene rings is 2. The number of allylic oxidation sites excluding steroid dienone is 4. The average Bonchev–Trinajstić information content (AvgIpc) is 3.02. The van der Waals surface area contributed by atoms with E-state index in [-0.39, 0.29) is 17.4 Å². The lowest BCUT2D eigenvalue weighted by atomic mass is 9.99. The second-order valence-corrected chi connectivity index (χ2v) is 8.21. The number of phenolic OH excluding ortho intramolecular Hbond substituents is 1. The van der Waals surface area contributed by atoms with Crippen molar-refractivity contribution in [3.8, 4) is 11.5 Å². The zero-order chi connectivity index (χ0) is 22.5. The van der Waals surface area contributed by atoms with E-state index < -0.39 is 0 Å². The minimum absolute atomic E-state index is 0.0328. The first kappa shape index (κ1) is 22.3. The summed E-state index contributed by atoms with van der Waals surface area (Å²) in [5.41, 5.74) is 4.58. The van der Waals surface area contributed by atoms with Crippen molar-refractivity contribution in [2.24, 2.45) is 0 Å². The monoisotopic (exact) mass is 419 g/mol. The summed E-state index contributed by atoms with van der Waals surface area (Å²) in [6, 6.07) is 11.6. The molecule has 1 aliphatic heterocycles. The number of rotatable bonds is 8. The van der Waals surface area contributed by atoms with Crippen molar-refractivity contribution in [1.29, 1.82) is 0 Å². The smallest absolute Gasteiger partial charge is 0.258 e. The summed E-state index contributed by atoms with van der Waals surface area (Å²) in [5.74, 6) is 0.380. The number of phenols is 1. The van der Waals surface area contributed by atoms with Gasteiger partial charge in [-0.2, -0.15) is 0 Å². The first-order valence-corrected chi connectivity index (χ1v) is 10.4. The molecule has 1 amide bonds. The summed E-state index contributed by atoms with van der Waals surface area (Å²) in [6.07, 6.45) is 4.23. The van der Waals surface area contributed by atoms with Gasteiger partial charge in [0, 0.05) is 25.1 Å². The SMILES string of the molecule is COc1cc2c(c(O)c1CC=C(C)CC(=O)C=C(C)C)C(=O)N(Cc1ccccc1)C2. The molecule has 0 atom stereocenters. The second-order valence-electron chi connectivity index (χ2n) is 8.21. The van der Waals surface area contributed by atoms with Crippen molar-refractivity contribution >= 4 is 11.7 Å². The molecule has 5 heteroatoms. The molecule has 3 rings (SSSR count). The van der Waals surface area contributed by atoms with Crippen molar-refractivity contribution in [1.82, 2.24) is 4.90 Å². The van der Waals surface area contributed by atoms with Crippen molar-refractivity contribution in [2.45, 2.75) is 46.7 Å². The fraction of sp³-hybridized carbons (Fsp3) is 0.308. The number of ketones is 1. The van der Waals surface area contributed by atoms with E-state index in [1.807, 2.05) is 63.2 Å². The van der Waals surface area contributed by atoms with E-state index in [4.69, 9.17) is 4.74 Å². The van der Waals surface area contributed by atoms with Crippen LogP contribution in [0.5, 0.6) is 11.5 Å². The summed E-state index contributed by atoms with van der Waals surface area (Å²) in [6.45, 7) is 6.58. The Hall–Kier alpha value is -3.34. The van der Waals surface area contributed by atoms with Gasteiger partial charge < -0.3 is 14.7 Å². The lowest BCUT2D eigenvalue weighted by molar-refractivity contribution is -0.114. The highest BCUT2D eigenvalue weighted by Gasteiger charge is 2.33. The molecular formula is C26H29NO4. The number of nitrogens with zero attached hydrogens (tertiary/aromatic N) is 1. The summed E-state index contributed by atoms with van der Waals surface area (Å²) in [7, 11) is 1.55. The molecule has 162 valence electrons. The third kappa shape index (κ3) is 5.23. The minimum atomic E-state index is -0.181. The van der Waals surface area contributed by atoms with Gasteiger partial charge in [0.15, 0.2) is 5.78 Å². The molecule has 0 aliphatic carbocycles. The maximum absolute atomic E-state index is 13.0. The predicted molar refractivity (Wildman–Crippen MR) is 121 cm³/mol. The first-order chi connectivity index (χ1) is 14.8. The molecule has 1 heterocycles. The van der Waals surface area contributed by atoms with Crippen LogP contribution in [-0.2, 0) is 24.3 Å². The third-order valence-corrected chi connectivity index (χ3v) is 5.30. The van der Waals surface area contributed by atoms with E-state index in [1.165, 1.54) is 0 Å². The molecule has 0 spiro atoms. The number of hydrogen-bond donors (Lipinski definition) is 1. The normalized spacial score (nSPS) is 13.2. The molecule has 0 saturated heterocycles. The zero-order valence-electron chi connectivity index (χ0n) is 18.6. The fourth-order valence-corrected chi connectivity index (χ4v) is 3.84. The number of carbonyl (C=O) groups excluding carboxylic acids is 2. The van der Waals surface area contributed by atoms with Crippen LogP contribution in [0.2, 0.25) is 0 Å². The quantitative estimate of drug-likeness (QED) is 0.485. The number of hydrogen-bond acceptors (Lipinski definition) is 4. The highest BCUT2D eigenvalue weighted by Crippen LogP contribution is 2.40. The summed E-state index contributed by atoms with van der Waals surface area (Å²) in [5, 5.41) is 11.0. The predicted octanol–water partition coefficient (Wildman–Crippen LogP) is 4.97.